The van der Waals surface area contributed by atoms with Crippen LogP contribution in [0.25, 0.3) is 0 Å². The van der Waals surface area contributed by atoms with Crippen LogP contribution in [-0.2, 0) is 6.42 Å². The molecule has 0 saturated carbocycles. The largest absolute Gasteiger partial charge is 0.478 e. The molecule has 1 atom stereocenters. The predicted octanol–water partition coefficient (Wildman–Crippen LogP) is 3.41. The van der Waals surface area contributed by atoms with E-state index in [1.165, 1.54) is 0 Å². The van der Waals surface area contributed by atoms with Crippen molar-refractivity contribution < 1.29 is 14.3 Å². The van der Waals surface area contributed by atoms with Crippen LogP contribution in [0.1, 0.15) is 29.5 Å². The van der Waals surface area contributed by atoms with Gasteiger partial charge in [0, 0.05) is 18.2 Å². The van der Waals surface area contributed by atoms with Crippen molar-refractivity contribution in [2.75, 3.05) is 5.32 Å². The lowest BCUT2D eigenvalue weighted by Crippen LogP contribution is -2.15. The van der Waals surface area contributed by atoms with Crippen molar-refractivity contribution >= 4 is 11.7 Å². The molecule has 0 aliphatic carbocycles. The summed E-state index contributed by atoms with van der Waals surface area (Å²) in [7, 11) is 0. The van der Waals surface area contributed by atoms with E-state index in [1.54, 1.807) is 30.5 Å². The first-order valence-corrected chi connectivity index (χ1v) is 6.27. The fourth-order valence-corrected chi connectivity index (χ4v) is 1.88. The number of furan rings is 1. The minimum Gasteiger partial charge on any atom is -0.478 e. The maximum absolute atomic E-state index is 10.7. The molecule has 1 aromatic heterocycles. The molecule has 4 nitrogen and oxygen atoms in total. The van der Waals surface area contributed by atoms with Gasteiger partial charge in [-0.25, -0.2) is 4.79 Å². The third-order valence-corrected chi connectivity index (χ3v) is 2.95. The van der Waals surface area contributed by atoms with Crippen molar-refractivity contribution in [3.05, 3.63) is 54.0 Å². The number of rotatable bonds is 6. The van der Waals surface area contributed by atoms with Crippen LogP contribution in [0.5, 0.6) is 0 Å². The highest BCUT2D eigenvalue weighted by Crippen LogP contribution is 2.13. The third kappa shape index (κ3) is 3.88. The summed E-state index contributed by atoms with van der Waals surface area (Å²) in [6, 6.07) is 10.9. The Kier molecular flexibility index (Phi) is 4.23. The average molecular weight is 259 g/mol. The lowest BCUT2D eigenvalue weighted by Gasteiger charge is -2.14. The van der Waals surface area contributed by atoms with Gasteiger partial charge in [-0.15, -0.1) is 0 Å². The topological polar surface area (TPSA) is 62.5 Å². The van der Waals surface area contributed by atoms with Crippen molar-refractivity contribution in [1.29, 1.82) is 0 Å². The summed E-state index contributed by atoms with van der Waals surface area (Å²) in [4.78, 5) is 10.7. The molecule has 2 N–H and O–H groups in total. The van der Waals surface area contributed by atoms with E-state index in [0.717, 1.165) is 24.3 Å². The molecule has 2 rings (SSSR count). The summed E-state index contributed by atoms with van der Waals surface area (Å²) in [5.74, 6) is 0.0762. The molecular weight excluding hydrogens is 242 g/mol. The first kappa shape index (κ1) is 13.2. The Labute approximate surface area is 112 Å². The number of carboxylic acids is 1. The zero-order valence-electron chi connectivity index (χ0n) is 10.8. The van der Waals surface area contributed by atoms with Crippen molar-refractivity contribution in [2.45, 2.75) is 25.8 Å². The van der Waals surface area contributed by atoms with Gasteiger partial charge < -0.3 is 14.8 Å². The van der Waals surface area contributed by atoms with E-state index < -0.39 is 5.97 Å². The van der Waals surface area contributed by atoms with E-state index >= 15 is 0 Å². The molecule has 0 aliphatic rings. The Morgan fingerprint density at radius 2 is 2.05 bits per heavy atom. The van der Waals surface area contributed by atoms with Crippen LogP contribution >= 0.6 is 0 Å². The van der Waals surface area contributed by atoms with Gasteiger partial charge in [0.15, 0.2) is 0 Å². The highest BCUT2D eigenvalue weighted by Gasteiger charge is 2.06. The number of carbonyl (C=O) groups is 1. The van der Waals surface area contributed by atoms with Crippen LogP contribution in [0.4, 0.5) is 5.69 Å². The van der Waals surface area contributed by atoms with Crippen LogP contribution in [0.2, 0.25) is 0 Å². The van der Waals surface area contributed by atoms with E-state index in [2.05, 4.69) is 12.2 Å². The normalized spacial score (nSPS) is 12.1. The van der Waals surface area contributed by atoms with Crippen LogP contribution < -0.4 is 5.32 Å². The van der Waals surface area contributed by atoms with E-state index in [-0.39, 0.29) is 0 Å². The zero-order chi connectivity index (χ0) is 13.7. The Bertz CT molecular complexity index is 517. The Hall–Kier alpha value is -2.23. The van der Waals surface area contributed by atoms with Gasteiger partial charge in [-0.3, -0.25) is 0 Å². The van der Waals surface area contributed by atoms with Crippen molar-refractivity contribution in [3.63, 3.8) is 0 Å². The summed E-state index contributed by atoms with van der Waals surface area (Å²) in [6.07, 6.45) is 3.51. The van der Waals surface area contributed by atoms with Crippen LogP contribution in [0, 0.1) is 0 Å². The Morgan fingerprint density at radius 3 is 2.63 bits per heavy atom. The molecule has 0 saturated heterocycles. The smallest absolute Gasteiger partial charge is 0.335 e. The van der Waals surface area contributed by atoms with E-state index in [1.807, 2.05) is 12.1 Å². The summed E-state index contributed by atoms with van der Waals surface area (Å²) in [5, 5.41) is 12.2. The lowest BCUT2D eigenvalue weighted by molar-refractivity contribution is 0.0697. The maximum atomic E-state index is 10.7. The monoisotopic (exact) mass is 259 g/mol. The highest BCUT2D eigenvalue weighted by molar-refractivity contribution is 5.87. The molecule has 0 spiro atoms. The fourth-order valence-electron chi connectivity index (χ4n) is 1.88. The lowest BCUT2D eigenvalue weighted by atomic mass is 10.1. The maximum Gasteiger partial charge on any atom is 0.335 e. The number of hydrogen-bond donors (Lipinski definition) is 2. The second-order valence-electron chi connectivity index (χ2n) is 4.55. The summed E-state index contributed by atoms with van der Waals surface area (Å²) in [5.41, 5.74) is 1.23. The molecule has 1 unspecified atom stereocenters. The molecule has 0 fully saturated rings. The first-order chi connectivity index (χ1) is 9.15. The average Bonchev–Trinajstić information content (AvgIpc) is 2.90. The molecule has 0 aliphatic heterocycles. The third-order valence-electron chi connectivity index (χ3n) is 2.95. The van der Waals surface area contributed by atoms with Gasteiger partial charge in [-0.05, 0) is 49.7 Å². The van der Waals surface area contributed by atoms with Crippen molar-refractivity contribution in [3.8, 4) is 0 Å². The number of nitrogens with one attached hydrogen (secondary N) is 1. The molecule has 2 aromatic rings. The summed E-state index contributed by atoms with van der Waals surface area (Å²) >= 11 is 0. The Balaban J connectivity index is 1.84. The first-order valence-electron chi connectivity index (χ1n) is 6.27. The fraction of sp³-hybridized carbons (Fsp3) is 0.267. The second kappa shape index (κ2) is 6.09. The molecule has 19 heavy (non-hydrogen) atoms. The molecule has 0 amide bonds. The Morgan fingerprint density at radius 1 is 1.32 bits per heavy atom. The zero-order valence-corrected chi connectivity index (χ0v) is 10.8. The van der Waals surface area contributed by atoms with Gasteiger partial charge in [0.1, 0.15) is 5.76 Å². The van der Waals surface area contributed by atoms with E-state index in [4.69, 9.17) is 9.52 Å². The molecule has 0 bridgehead atoms. The standard InChI is InChI=1S/C15H17NO3/c1-11(4-9-14-3-2-10-19-14)16-13-7-5-12(6-8-13)15(17)18/h2-3,5-8,10-11,16H,4,9H2,1H3,(H,17,18). The minimum absolute atomic E-state index is 0.292. The molecule has 1 aromatic carbocycles. The van der Waals surface area contributed by atoms with Crippen LogP contribution in [-0.4, -0.2) is 17.1 Å². The van der Waals surface area contributed by atoms with Gasteiger partial charge in [0.25, 0.3) is 0 Å². The van der Waals surface area contributed by atoms with E-state index in [0.29, 0.717) is 11.6 Å². The molecule has 0 radical (unpaired) electrons. The number of aryl methyl sites for hydroxylation is 1. The van der Waals surface area contributed by atoms with Gasteiger partial charge in [0.05, 0.1) is 11.8 Å². The number of benzene rings is 1. The molecular formula is C15H17NO3. The molecule has 1 heterocycles. The van der Waals surface area contributed by atoms with Gasteiger partial charge in [-0.2, -0.15) is 0 Å². The van der Waals surface area contributed by atoms with Crippen LogP contribution in [0.3, 0.4) is 0 Å². The second-order valence-corrected chi connectivity index (χ2v) is 4.55. The molecule has 4 heteroatoms. The predicted molar refractivity (Wildman–Crippen MR) is 73.5 cm³/mol. The van der Waals surface area contributed by atoms with Gasteiger partial charge in [-0.1, -0.05) is 0 Å². The van der Waals surface area contributed by atoms with Gasteiger partial charge in [0.2, 0.25) is 0 Å². The number of hydrogen-bond acceptors (Lipinski definition) is 3. The molecule has 100 valence electrons. The minimum atomic E-state index is -0.905. The SMILES string of the molecule is CC(CCc1ccco1)Nc1ccc(C(=O)O)cc1. The van der Waals surface area contributed by atoms with Crippen molar-refractivity contribution in [2.24, 2.45) is 0 Å². The van der Waals surface area contributed by atoms with Crippen molar-refractivity contribution in [1.82, 2.24) is 0 Å². The quantitative estimate of drug-likeness (QED) is 0.834. The van der Waals surface area contributed by atoms with Gasteiger partial charge >= 0.3 is 5.97 Å². The summed E-state index contributed by atoms with van der Waals surface area (Å²) < 4.78 is 5.28. The van der Waals surface area contributed by atoms with Crippen LogP contribution in [0.15, 0.2) is 47.1 Å². The highest BCUT2D eigenvalue weighted by atomic mass is 16.4. The van der Waals surface area contributed by atoms with E-state index in [9.17, 15) is 4.79 Å². The number of aromatic carboxylic acids is 1. The number of carboxylic acid groups (broad SMARTS) is 1. The summed E-state index contributed by atoms with van der Waals surface area (Å²) in [6.45, 7) is 2.09. The number of anilines is 1.